The Kier molecular flexibility index (Phi) is 15.9. The average Bonchev–Trinajstić information content (AvgIpc) is 2.90. The molecule has 1 spiro atoms. The number of carboxylic acids is 1. The third-order valence-electron chi connectivity index (χ3n) is 6.95. The number of rotatable bonds is 10. The first-order chi connectivity index (χ1) is 20.2. The minimum Gasteiger partial charge on any atom is -0.862 e. The predicted octanol–water partition coefficient (Wildman–Crippen LogP) is -13.1. The largest absolute Gasteiger partial charge is 1.00 e. The maximum atomic E-state index is 12.9. The first kappa shape index (κ1) is 43.4. The molecule has 3 fully saturated rings. The Labute approximate surface area is 305 Å². The van der Waals surface area contributed by atoms with Gasteiger partial charge in [0.2, 0.25) is 0 Å². The van der Waals surface area contributed by atoms with Gasteiger partial charge in [0.15, 0.2) is 0 Å². The van der Waals surface area contributed by atoms with Gasteiger partial charge in [-0.25, -0.2) is 13.8 Å². The van der Waals surface area contributed by atoms with Crippen LogP contribution in [0.5, 0.6) is 0 Å². The van der Waals surface area contributed by atoms with E-state index in [1.165, 1.54) is 0 Å². The van der Waals surface area contributed by atoms with E-state index in [9.17, 15) is 64.0 Å². The van der Waals surface area contributed by atoms with Crippen LogP contribution in [0.25, 0.3) is 0 Å². The average molecular weight is 707 g/mol. The monoisotopic (exact) mass is 706 g/mol. The van der Waals surface area contributed by atoms with Crippen LogP contribution in [0.15, 0.2) is 9.98 Å². The Morgan fingerprint density at radius 1 is 1.00 bits per heavy atom. The molecule has 21 nitrogen and oxygen atoms in total. The standard InChI is InChI=1S/C22H34N2O19S.2Na/c1-7(25)23-13-9(27)3-21(35,19(32)33)42-18(13)16(31)12-6-39-20(34)22(41-12)4-10(28)14(24-8(2)26)17(43-22)15(30)11(29)5-40-44(36,37)38;;/h9-18,27-31,35H,3-6H2,1-2H3,(H,23,25)(H,24,26)(H,32,33)(H,36,37,38);;/q;2*+1/p-2/t9-,10-,11+,12+,13+,14+,15+,16+,17+,18+,21-,22+;;/m0../s1. The van der Waals surface area contributed by atoms with Crippen LogP contribution < -0.4 is 69.3 Å². The van der Waals surface area contributed by atoms with E-state index >= 15 is 0 Å². The molecule has 3 heterocycles. The molecule has 8 N–H and O–H groups in total. The number of aliphatic hydroxyl groups excluding tert-OH is 5. The van der Waals surface area contributed by atoms with Gasteiger partial charge >= 0.3 is 81.5 Å². The summed E-state index contributed by atoms with van der Waals surface area (Å²) in [4.78, 5) is 31.8. The zero-order chi connectivity index (χ0) is 33.4. The molecule has 0 saturated carbocycles. The van der Waals surface area contributed by atoms with E-state index in [1.54, 1.807) is 0 Å². The Hall–Kier alpha value is -0.610. The second-order valence-corrected chi connectivity index (χ2v) is 11.4. The maximum Gasteiger partial charge on any atom is 1.00 e. The zero-order valence-electron chi connectivity index (χ0n) is 25.0. The number of hydrogen-bond acceptors (Lipinski definition) is 19. The number of aliphatic carboxylic acids is 1. The molecular weight excluding hydrogens is 674 g/mol. The molecule has 0 aliphatic carbocycles. The number of carbonyl (C=O) groups excluding carboxylic acids is 1. The number of carboxylic acid groups (broad SMARTS) is 1. The molecule has 252 valence electrons. The summed E-state index contributed by atoms with van der Waals surface area (Å²) in [7, 11) is -5.10. The van der Waals surface area contributed by atoms with E-state index in [1.807, 2.05) is 0 Å². The first-order valence-corrected chi connectivity index (χ1v) is 14.2. The SMILES string of the molecule is CC([O-])=N[C@H]1[C@H]([C@H](O)[C@H](O)COS(=O)(=O)O)O[C@@]2(C[C@@H]1O)O[C@@H]([C@@H](O)[C@@H]1O[C@](O)(C(=O)O)C[C@H](O)[C@H]1N=C(C)[O-])COC2=O.[Na+].[Na+]. The number of nitrogens with zero attached hydrogens (tertiary/aromatic N) is 2. The fraction of sp³-hybridized carbons (Fsp3) is 0.818. The van der Waals surface area contributed by atoms with E-state index in [0.29, 0.717) is 0 Å². The fourth-order valence-electron chi connectivity index (χ4n) is 4.99. The first-order valence-electron chi connectivity index (χ1n) is 12.8. The minimum absolute atomic E-state index is 0. The van der Waals surface area contributed by atoms with E-state index in [0.717, 1.165) is 13.8 Å². The van der Waals surface area contributed by atoms with Crippen molar-refractivity contribution in [3.8, 4) is 0 Å². The van der Waals surface area contributed by atoms with Crippen LogP contribution in [0.1, 0.15) is 26.7 Å². The summed E-state index contributed by atoms with van der Waals surface area (Å²) in [5, 5.41) is 96.7. The molecular formula is C22H32N2Na2O19S. The van der Waals surface area contributed by atoms with Gasteiger partial charge in [-0.3, -0.25) is 14.5 Å². The molecule has 0 bridgehead atoms. The van der Waals surface area contributed by atoms with E-state index in [4.69, 9.17) is 23.5 Å². The Bertz CT molecular complexity index is 1250. The van der Waals surface area contributed by atoms with Crippen molar-refractivity contribution in [3.05, 3.63) is 0 Å². The van der Waals surface area contributed by atoms with Crippen molar-refractivity contribution in [1.29, 1.82) is 0 Å². The van der Waals surface area contributed by atoms with Crippen LogP contribution in [0.3, 0.4) is 0 Å². The molecule has 0 aromatic rings. The molecule has 0 radical (unpaired) electrons. The van der Waals surface area contributed by atoms with Crippen LogP contribution in [0.2, 0.25) is 0 Å². The summed E-state index contributed by atoms with van der Waals surface area (Å²) in [5.41, 5.74) is 0. The summed E-state index contributed by atoms with van der Waals surface area (Å²) in [6.45, 7) is -0.149. The number of hydrogen-bond donors (Lipinski definition) is 8. The van der Waals surface area contributed by atoms with Crippen molar-refractivity contribution in [3.63, 3.8) is 0 Å². The third kappa shape index (κ3) is 10.2. The van der Waals surface area contributed by atoms with E-state index in [-0.39, 0.29) is 59.1 Å². The third-order valence-corrected chi connectivity index (χ3v) is 7.38. The van der Waals surface area contributed by atoms with Crippen molar-refractivity contribution in [1.82, 2.24) is 0 Å². The normalized spacial score (nSPS) is 37.7. The van der Waals surface area contributed by atoms with Crippen LogP contribution in [-0.2, 0) is 43.1 Å². The number of aliphatic imine (C=N–C) groups is 2. The summed E-state index contributed by atoms with van der Waals surface area (Å²) in [6, 6.07) is -3.38. The second-order valence-electron chi connectivity index (χ2n) is 10.3. The van der Waals surface area contributed by atoms with Crippen molar-refractivity contribution in [2.24, 2.45) is 9.98 Å². The smallest absolute Gasteiger partial charge is 0.862 e. The van der Waals surface area contributed by atoms with Gasteiger partial charge < -0.3 is 64.9 Å². The zero-order valence-corrected chi connectivity index (χ0v) is 29.8. The summed E-state index contributed by atoms with van der Waals surface area (Å²) >= 11 is 0. The minimum atomic E-state index is -5.10. The van der Waals surface area contributed by atoms with Crippen LogP contribution in [0, 0.1) is 0 Å². The van der Waals surface area contributed by atoms with Gasteiger partial charge in [-0.05, 0) is 25.6 Å². The topological polar surface area (TPSA) is 347 Å². The van der Waals surface area contributed by atoms with Gasteiger partial charge in [0.1, 0.15) is 55.3 Å². The molecule has 0 unspecified atom stereocenters. The Morgan fingerprint density at radius 3 is 2.02 bits per heavy atom. The van der Waals surface area contributed by atoms with Crippen LogP contribution in [0.4, 0.5) is 0 Å². The van der Waals surface area contributed by atoms with Crippen molar-refractivity contribution in [2.75, 3.05) is 13.2 Å². The number of aliphatic hydroxyl groups is 6. The van der Waals surface area contributed by atoms with Gasteiger partial charge in [0.25, 0.3) is 11.6 Å². The van der Waals surface area contributed by atoms with Gasteiger partial charge in [0, 0.05) is 12.8 Å². The number of ether oxygens (including phenoxy) is 4. The van der Waals surface area contributed by atoms with E-state index in [2.05, 4.69) is 14.2 Å². The van der Waals surface area contributed by atoms with Crippen molar-refractivity contribution >= 4 is 34.1 Å². The van der Waals surface area contributed by atoms with Gasteiger partial charge in [-0.15, -0.1) is 0 Å². The molecule has 0 aromatic carbocycles. The molecule has 3 saturated heterocycles. The fourth-order valence-corrected chi connectivity index (χ4v) is 5.31. The molecule has 12 atom stereocenters. The van der Waals surface area contributed by atoms with Crippen molar-refractivity contribution < 1.29 is 151 Å². The molecule has 0 aromatic heterocycles. The Balaban J connectivity index is 0.00000529. The molecule has 3 rings (SSSR count). The Morgan fingerprint density at radius 2 is 1.52 bits per heavy atom. The van der Waals surface area contributed by atoms with Crippen molar-refractivity contribution in [2.45, 2.75) is 99.2 Å². The van der Waals surface area contributed by atoms with Crippen LogP contribution >= 0.6 is 0 Å². The summed E-state index contributed by atoms with van der Waals surface area (Å²) in [5.74, 6) is -10.9. The molecule has 3 aliphatic rings. The molecule has 24 heteroatoms. The molecule has 0 amide bonds. The number of esters is 1. The quantitative estimate of drug-likeness (QED) is 0.0343. The van der Waals surface area contributed by atoms with Gasteiger partial charge in [0.05, 0.1) is 18.8 Å². The summed E-state index contributed by atoms with van der Waals surface area (Å²) < 4.78 is 56.0. The number of carbonyl (C=O) groups is 2. The predicted molar refractivity (Wildman–Crippen MR) is 131 cm³/mol. The number of cyclic esters (lactones) is 1. The second kappa shape index (κ2) is 16.9. The summed E-state index contributed by atoms with van der Waals surface area (Å²) in [6.07, 6.45) is -18.0. The maximum absolute atomic E-state index is 12.9. The van der Waals surface area contributed by atoms with E-state index < -0.39 is 133 Å². The molecule has 3 aliphatic heterocycles. The van der Waals surface area contributed by atoms with Gasteiger partial charge in [-0.1, -0.05) is 0 Å². The molecule has 46 heavy (non-hydrogen) atoms. The van der Waals surface area contributed by atoms with Crippen LogP contribution in [-0.4, -0.2) is 158 Å². The van der Waals surface area contributed by atoms with Gasteiger partial charge in [-0.2, -0.15) is 8.42 Å².